The fourth-order valence-corrected chi connectivity index (χ4v) is 1.13. The van der Waals surface area contributed by atoms with Crippen LogP contribution in [0.2, 0.25) is 0 Å². The topological polar surface area (TPSA) is 68.3 Å². The maximum Gasteiger partial charge on any atom is 0.356 e. The van der Waals surface area contributed by atoms with E-state index in [9.17, 15) is 4.79 Å². The van der Waals surface area contributed by atoms with Gasteiger partial charge >= 0.3 is 5.97 Å². The Morgan fingerprint density at radius 3 is 3.00 bits per heavy atom. The normalized spacial score (nSPS) is 10.3. The fraction of sp³-hybridized carbons (Fsp3) is 0.111. The van der Waals surface area contributed by atoms with E-state index in [1.165, 1.54) is 10.7 Å². The van der Waals surface area contributed by atoms with Crippen LogP contribution in [0.1, 0.15) is 16.2 Å². The zero-order valence-corrected chi connectivity index (χ0v) is 7.25. The number of hydrogen-bond donors (Lipinski definition) is 1. The molecule has 0 aliphatic carbocycles. The molecular formula is C9H8N2O3. The Balaban J connectivity index is 2.14. The van der Waals surface area contributed by atoms with E-state index in [4.69, 9.17) is 9.52 Å². The summed E-state index contributed by atoms with van der Waals surface area (Å²) in [6.07, 6.45) is 3.17. The van der Waals surface area contributed by atoms with Crippen molar-refractivity contribution < 1.29 is 14.3 Å². The highest BCUT2D eigenvalue weighted by atomic mass is 16.4. The monoisotopic (exact) mass is 192 g/mol. The third-order valence-corrected chi connectivity index (χ3v) is 1.76. The predicted octanol–water partition coefficient (Wildman–Crippen LogP) is 1.22. The van der Waals surface area contributed by atoms with Gasteiger partial charge in [-0.05, 0) is 18.2 Å². The molecule has 0 aliphatic rings. The van der Waals surface area contributed by atoms with Gasteiger partial charge in [0, 0.05) is 6.20 Å². The molecule has 2 aromatic heterocycles. The van der Waals surface area contributed by atoms with Crippen molar-refractivity contribution in [1.82, 2.24) is 9.78 Å². The number of carbonyl (C=O) groups is 1. The first-order valence-corrected chi connectivity index (χ1v) is 4.05. The van der Waals surface area contributed by atoms with Gasteiger partial charge in [0.25, 0.3) is 0 Å². The molecule has 0 amide bonds. The van der Waals surface area contributed by atoms with E-state index in [-0.39, 0.29) is 5.69 Å². The lowest BCUT2D eigenvalue weighted by Gasteiger charge is -1.95. The quantitative estimate of drug-likeness (QED) is 0.793. The standard InChI is InChI=1S/C9H8N2O3/c12-9(13)8-3-4-11(10-8)6-7-2-1-5-14-7/h1-5H,6H2,(H,12,13). The van der Waals surface area contributed by atoms with Crippen molar-refractivity contribution in [3.63, 3.8) is 0 Å². The third kappa shape index (κ3) is 1.66. The Morgan fingerprint density at radius 1 is 1.57 bits per heavy atom. The molecule has 0 aliphatic heterocycles. The number of hydrogen-bond acceptors (Lipinski definition) is 3. The maximum absolute atomic E-state index is 10.5. The third-order valence-electron chi connectivity index (χ3n) is 1.76. The maximum atomic E-state index is 10.5. The Labute approximate surface area is 79.6 Å². The molecular weight excluding hydrogens is 184 g/mol. The minimum Gasteiger partial charge on any atom is -0.476 e. The van der Waals surface area contributed by atoms with Gasteiger partial charge in [-0.15, -0.1) is 0 Å². The number of aromatic nitrogens is 2. The molecule has 0 radical (unpaired) electrons. The summed E-state index contributed by atoms with van der Waals surface area (Å²) < 4.78 is 6.62. The Kier molecular flexibility index (Phi) is 2.06. The van der Waals surface area contributed by atoms with Crippen LogP contribution in [0.4, 0.5) is 0 Å². The molecule has 2 rings (SSSR count). The van der Waals surface area contributed by atoms with Crippen LogP contribution in [-0.4, -0.2) is 20.9 Å². The molecule has 2 aromatic rings. The van der Waals surface area contributed by atoms with Crippen LogP contribution >= 0.6 is 0 Å². The second kappa shape index (κ2) is 3.37. The molecule has 0 saturated heterocycles. The van der Waals surface area contributed by atoms with E-state index in [1.807, 2.05) is 6.07 Å². The highest BCUT2D eigenvalue weighted by Crippen LogP contribution is 2.03. The summed E-state index contributed by atoms with van der Waals surface area (Å²) >= 11 is 0. The lowest BCUT2D eigenvalue weighted by atomic mass is 10.4. The first kappa shape index (κ1) is 8.55. The largest absolute Gasteiger partial charge is 0.476 e. The molecule has 0 atom stereocenters. The number of nitrogens with zero attached hydrogens (tertiary/aromatic N) is 2. The number of carboxylic acids is 1. The van der Waals surface area contributed by atoms with Gasteiger partial charge in [0.2, 0.25) is 0 Å². The van der Waals surface area contributed by atoms with E-state index < -0.39 is 5.97 Å². The average Bonchev–Trinajstić information content (AvgIpc) is 2.75. The van der Waals surface area contributed by atoms with E-state index in [0.29, 0.717) is 6.54 Å². The Morgan fingerprint density at radius 2 is 2.43 bits per heavy atom. The van der Waals surface area contributed by atoms with Crippen LogP contribution in [0.5, 0.6) is 0 Å². The van der Waals surface area contributed by atoms with Gasteiger partial charge in [0.15, 0.2) is 5.69 Å². The van der Waals surface area contributed by atoms with Crippen LogP contribution in [-0.2, 0) is 6.54 Å². The van der Waals surface area contributed by atoms with Gasteiger partial charge in [-0.25, -0.2) is 4.79 Å². The van der Waals surface area contributed by atoms with E-state index in [1.54, 1.807) is 18.5 Å². The summed E-state index contributed by atoms with van der Waals surface area (Å²) in [6.45, 7) is 0.445. The summed E-state index contributed by atoms with van der Waals surface area (Å²) in [5, 5.41) is 12.5. The molecule has 0 bridgehead atoms. The van der Waals surface area contributed by atoms with Crippen molar-refractivity contribution >= 4 is 5.97 Å². The minimum atomic E-state index is -1.02. The van der Waals surface area contributed by atoms with Crippen LogP contribution < -0.4 is 0 Å². The van der Waals surface area contributed by atoms with E-state index in [2.05, 4.69) is 5.10 Å². The van der Waals surface area contributed by atoms with Crippen molar-refractivity contribution in [3.8, 4) is 0 Å². The second-order valence-electron chi connectivity index (χ2n) is 2.78. The van der Waals surface area contributed by atoms with Crippen molar-refractivity contribution in [2.24, 2.45) is 0 Å². The highest BCUT2D eigenvalue weighted by molar-refractivity contribution is 5.84. The van der Waals surface area contributed by atoms with E-state index in [0.717, 1.165) is 5.76 Å². The van der Waals surface area contributed by atoms with Crippen molar-refractivity contribution in [2.45, 2.75) is 6.54 Å². The van der Waals surface area contributed by atoms with Gasteiger partial charge in [-0.1, -0.05) is 0 Å². The summed E-state index contributed by atoms with van der Waals surface area (Å²) in [4.78, 5) is 10.5. The van der Waals surface area contributed by atoms with Crippen LogP contribution in [0.3, 0.4) is 0 Å². The Hall–Kier alpha value is -2.04. The zero-order chi connectivity index (χ0) is 9.97. The van der Waals surface area contributed by atoms with Gasteiger partial charge < -0.3 is 9.52 Å². The van der Waals surface area contributed by atoms with E-state index >= 15 is 0 Å². The molecule has 0 unspecified atom stereocenters. The Bertz CT molecular complexity index is 431. The van der Waals surface area contributed by atoms with Gasteiger partial charge in [0.05, 0.1) is 12.8 Å². The van der Waals surface area contributed by atoms with Crippen LogP contribution in [0.25, 0.3) is 0 Å². The summed E-state index contributed by atoms with van der Waals surface area (Å²) in [5.74, 6) is -0.284. The number of rotatable bonds is 3. The molecule has 1 N–H and O–H groups in total. The van der Waals surface area contributed by atoms with Gasteiger partial charge in [-0.2, -0.15) is 5.10 Å². The lowest BCUT2D eigenvalue weighted by Crippen LogP contribution is -2.03. The molecule has 2 heterocycles. The summed E-state index contributed by atoms with van der Waals surface area (Å²) in [5.41, 5.74) is 0.0385. The first-order chi connectivity index (χ1) is 6.75. The smallest absolute Gasteiger partial charge is 0.356 e. The molecule has 0 saturated carbocycles. The van der Waals surface area contributed by atoms with Crippen molar-refractivity contribution in [2.75, 3.05) is 0 Å². The second-order valence-corrected chi connectivity index (χ2v) is 2.78. The number of aromatic carboxylic acids is 1. The van der Waals surface area contributed by atoms with Crippen LogP contribution in [0.15, 0.2) is 35.1 Å². The van der Waals surface area contributed by atoms with Crippen molar-refractivity contribution in [3.05, 3.63) is 42.1 Å². The minimum absolute atomic E-state index is 0.0385. The summed E-state index contributed by atoms with van der Waals surface area (Å²) in [6, 6.07) is 5.03. The zero-order valence-electron chi connectivity index (χ0n) is 7.25. The average molecular weight is 192 g/mol. The molecule has 5 nitrogen and oxygen atoms in total. The summed E-state index contributed by atoms with van der Waals surface area (Å²) in [7, 11) is 0. The van der Waals surface area contributed by atoms with Gasteiger partial charge in [0.1, 0.15) is 5.76 Å². The lowest BCUT2D eigenvalue weighted by molar-refractivity contribution is 0.0689. The highest BCUT2D eigenvalue weighted by Gasteiger charge is 2.07. The van der Waals surface area contributed by atoms with Crippen molar-refractivity contribution in [1.29, 1.82) is 0 Å². The first-order valence-electron chi connectivity index (χ1n) is 4.05. The molecule has 14 heavy (non-hydrogen) atoms. The van der Waals surface area contributed by atoms with Crippen LogP contribution in [0, 0.1) is 0 Å². The molecule has 0 fully saturated rings. The SMILES string of the molecule is O=C(O)c1ccn(Cc2ccco2)n1. The number of furan rings is 1. The molecule has 5 heteroatoms. The van der Waals surface area contributed by atoms with Gasteiger partial charge in [-0.3, -0.25) is 4.68 Å². The molecule has 0 spiro atoms. The molecule has 72 valence electrons. The predicted molar refractivity (Wildman–Crippen MR) is 47.0 cm³/mol. The molecule has 0 aromatic carbocycles. The fourth-order valence-electron chi connectivity index (χ4n) is 1.13. The number of carboxylic acid groups (broad SMARTS) is 1.